The second kappa shape index (κ2) is 7.74. The minimum atomic E-state index is -0.799. The predicted octanol–water partition coefficient (Wildman–Crippen LogP) is 3.29. The molecule has 2 aliphatic rings. The lowest BCUT2D eigenvalue weighted by Gasteiger charge is -2.42. The third kappa shape index (κ3) is 3.34. The lowest BCUT2D eigenvalue weighted by atomic mass is 9.85. The number of nitrogens with zero attached hydrogens (tertiary/aromatic N) is 3. The Hall–Kier alpha value is -2.89. The number of carbonyl (C=O) groups is 3. The monoisotopic (exact) mass is 407 g/mol. The summed E-state index contributed by atoms with van der Waals surface area (Å²) < 4.78 is 0. The second-order valence-corrected chi connectivity index (χ2v) is 8.88. The first kappa shape index (κ1) is 20.4. The van der Waals surface area contributed by atoms with Crippen LogP contribution in [-0.2, 0) is 16.0 Å². The fraction of sp³-hybridized carbons (Fsp3) is 0.458. The van der Waals surface area contributed by atoms with Crippen molar-refractivity contribution in [2.24, 2.45) is 5.92 Å². The zero-order valence-corrected chi connectivity index (χ0v) is 17.9. The van der Waals surface area contributed by atoms with E-state index in [1.165, 1.54) is 4.90 Å². The first-order valence-electron chi connectivity index (χ1n) is 10.7. The summed E-state index contributed by atoms with van der Waals surface area (Å²) in [7, 11) is 1.56. The number of piperidine rings is 1. The SMILES string of the molecule is CC(C)CN1C(=O)N(C)C(=O)C12CCN(C(=O)Cc1cccc3ccccc13)CC2. The Morgan fingerprint density at radius 2 is 1.70 bits per heavy atom. The van der Waals surface area contributed by atoms with E-state index < -0.39 is 5.54 Å². The summed E-state index contributed by atoms with van der Waals surface area (Å²) in [5, 5.41) is 2.23. The van der Waals surface area contributed by atoms with Crippen molar-refractivity contribution in [3.8, 4) is 0 Å². The Morgan fingerprint density at radius 1 is 1.03 bits per heavy atom. The van der Waals surface area contributed by atoms with Gasteiger partial charge in [-0.2, -0.15) is 0 Å². The highest BCUT2D eigenvalue weighted by atomic mass is 16.2. The van der Waals surface area contributed by atoms with Gasteiger partial charge in [-0.25, -0.2) is 4.79 Å². The number of rotatable bonds is 4. The van der Waals surface area contributed by atoms with Crippen LogP contribution in [0.15, 0.2) is 42.5 Å². The highest BCUT2D eigenvalue weighted by molar-refractivity contribution is 6.07. The molecule has 0 saturated carbocycles. The summed E-state index contributed by atoms with van der Waals surface area (Å²) in [5.41, 5.74) is 0.221. The largest absolute Gasteiger partial charge is 0.342 e. The topological polar surface area (TPSA) is 60.9 Å². The van der Waals surface area contributed by atoms with Crippen molar-refractivity contribution < 1.29 is 14.4 Å². The maximum absolute atomic E-state index is 13.0. The van der Waals surface area contributed by atoms with Crippen molar-refractivity contribution in [1.29, 1.82) is 0 Å². The number of carbonyl (C=O) groups excluding carboxylic acids is 3. The summed E-state index contributed by atoms with van der Waals surface area (Å²) in [5.74, 6) is 0.215. The zero-order valence-electron chi connectivity index (χ0n) is 17.9. The van der Waals surface area contributed by atoms with Gasteiger partial charge in [0.1, 0.15) is 5.54 Å². The van der Waals surface area contributed by atoms with Crippen molar-refractivity contribution in [3.63, 3.8) is 0 Å². The third-order valence-electron chi connectivity index (χ3n) is 6.45. The van der Waals surface area contributed by atoms with Crippen LogP contribution in [-0.4, -0.2) is 64.8 Å². The molecule has 2 saturated heterocycles. The van der Waals surface area contributed by atoms with Gasteiger partial charge in [-0.15, -0.1) is 0 Å². The Balaban J connectivity index is 1.49. The molecule has 158 valence electrons. The minimum absolute atomic E-state index is 0.0711. The van der Waals surface area contributed by atoms with Crippen LogP contribution in [0.25, 0.3) is 10.8 Å². The molecular weight excluding hydrogens is 378 g/mol. The molecule has 30 heavy (non-hydrogen) atoms. The normalized spacial score (nSPS) is 18.9. The number of urea groups is 1. The number of hydrogen-bond acceptors (Lipinski definition) is 3. The zero-order chi connectivity index (χ0) is 21.5. The van der Waals surface area contributed by atoms with Gasteiger partial charge in [0.15, 0.2) is 0 Å². The van der Waals surface area contributed by atoms with E-state index >= 15 is 0 Å². The maximum atomic E-state index is 13.0. The average molecular weight is 408 g/mol. The highest BCUT2D eigenvalue weighted by Crippen LogP contribution is 2.37. The number of hydrogen-bond donors (Lipinski definition) is 0. The van der Waals surface area contributed by atoms with E-state index in [1.807, 2.05) is 49.1 Å². The summed E-state index contributed by atoms with van der Waals surface area (Å²) >= 11 is 0. The van der Waals surface area contributed by atoms with Crippen LogP contribution in [0.4, 0.5) is 4.79 Å². The highest BCUT2D eigenvalue weighted by Gasteiger charge is 2.57. The van der Waals surface area contributed by atoms with Crippen LogP contribution in [0.5, 0.6) is 0 Å². The summed E-state index contributed by atoms with van der Waals surface area (Å²) in [6.45, 7) is 5.63. The van der Waals surface area contributed by atoms with Gasteiger partial charge < -0.3 is 9.80 Å². The molecule has 2 fully saturated rings. The number of amides is 4. The standard InChI is InChI=1S/C24H29N3O3/c1-17(2)16-27-23(30)25(3)22(29)24(27)11-13-26(14-12-24)21(28)15-19-9-6-8-18-7-4-5-10-20(18)19/h4-10,17H,11-16H2,1-3H3. The van der Waals surface area contributed by atoms with E-state index in [0.29, 0.717) is 38.9 Å². The van der Waals surface area contributed by atoms with E-state index in [-0.39, 0.29) is 23.8 Å². The molecule has 4 rings (SSSR count). The van der Waals surface area contributed by atoms with Crippen LogP contribution in [0.1, 0.15) is 32.3 Å². The molecule has 0 bridgehead atoms. The van der Waals surface area contributed by atoms with Crippen LogP contribution in [0.2, 0.25) is 0 Å². The molecule has 1 spiro atoms. The molecule has 0 radical (unpaired) electrons. The van der Waals surface area contributed by atoms with Gasteiger partial charge in [0.2, 0.25) is 5.91 Å². The second-order valence-electron chi connectivity index (χ2n) is 8.88. The van der Waals surface area contributed by atoms with Crippen molar-refractivity contribution in [2.75, 3.05) is 26.7 Å². The number of benzene rings is 2. The molecular formula is C24H29N3O3. The molecule has 2 aromatic rings. The van der Waals surface area contributed by atoms with E-state index in [0.717, 1.165) is 16.3 Å². The van der Waals surface area contributed by atoms with Gasteiger partial charge in [-0.1, -0.05) is 56.3 Å². The number of likely N-dealkylation sites (N-methyl/N-ethyl adjacent to an activating group) is 1. The van der Waals surface area contributed by atoms with Gasteiger partial charge in [0.25, 0.3) is 5.91 Å². The molecule has 0 aromatic heterocycles. The quantitative estimate of drug-likeness (QED) is 0.731. The Morgan fingerprint density at radius 3 is 2.40 bits per heavy atom. The van der Waals surface area contributed by atoms with Crippen LogP contribution >= 0.6 is 0 Å². The molecule has 0 unspecified atom stereocenters. The van der Waals surface area contributed by atoms with E-state index in [9.17, 15) is 14.4 Å². The summed E-state index contributed by atoms with van der Waals surface area (Å²) in [4.78, 5) is 43.5. The summed E-state index contributed by atoms with van der Waals surface area (Å²) in [6.07, 6.45) is 1.34. The smallest absolute Gasteiger partial charge is 0.327 e. The van der Waals surface area contributed by atoms with Gasteiger partial charge in [0, 0.05) is 26.7 Å². The van der Waals surface area contributed by atoms with Crippen LogP contribution in [0.3, 0.4) is 0 Å². The van der Waals surface area contributed by atoms with Crippen molar-refractivity contribution in [3.05, 3.63) is 48.0 Å². The van der Waals surface area contributed by atoms with Gasteiger partial charge in [0.05, 0.1) is 6.42 Å². The van der Waals surface area contributed by atoms with Gasteiger partial charge >= 0.3 is 6.03 Å². The predicted molar refractivity (Wildman–Crippen MR) is 116 cm³/mol. The fourth-order valence-electron chi connectivity index (χ4n) is 4.83. The molecule has 2 heterocycles. The number of imide groups is 1. The minimum Gasteiger partial charge on any atom is -0.342 e. The molecule has 4 amide bonds. The van der Waals surface area contributed by atoms with Crippen molar-refractivity contribution in [1.82, 2.24) is 14.7 Å². The molecule has 2 aliphatic heterocycles. The Bertz CT molecular complexity index is 987. The van der Waals surface area contributed by atoms with Gasteiger partial charge in [-0.3, -0.25) is 14.5 Å². The molecule has 2 aromatic carbocycles. The fourth-order valence-corrected chi connectivity index (χ4v) is 4.83. The van der Waals surface area contributed by atoms with Crippen molar-refractivity contribution in [2.45, 2.75) is 38.6 Å². The van der Waals surface area contributed by atoms with E-state index in [4.69, 9.17) is 0 Å². The lowest BCUT2D eigenvalue weighted by Crippen LogP contribution is -2.58. The third-order valence-corrected chi connectivity index (χ3v) is 6.45. The van der Waals surface area contributed by atoms with Gasteiger partial charge in [-0.05, 0) is 35.1 Å². The molecule has 0 atom stereocenters. The van der Waals surface area contributed by atoms with E-state index in [1.54, 1.807) is 11.9 Å². The Kier molecular flexibility index (Phi) is 5.26. The van der Waals surface area contributed by atoms with E-state index in [2.05, 4.69) is 12.1 Å². The first-order chi connectivity index (χ1) is 14.3. The molecule has 0 N–H and O–H groups in total. The van der Waals surface area contributed by atoms with Crippen molar-refractivity contribution >= 4 is 28.6 Å². The average Bonchev–Trinajstić information content (AvgIpc) is 2.90. The molecule has 0 aliphatic carbocycles. The maximum Gasteiger partial charge on any atom is 0.327 e. The van der Waals surface area contributed by atoms with Crippen LogP contribution < -0.4 is 0 Å². The molecule has 6 nitrogen and oxygen atoms in total. The number of fused-ring (bicyclic) bond motifs is 1. The van der Waals surface area contributed by atoms with Crippen LogP contribution in [0, 0.1) is 5.92 Å². The first-order valence-corrected chi connectivity index (χ1v) is 10.7. The lowest BCUT2D eigenvalue weighted by molar-refractivity contribution is -0.140. The Labute approximate surface area is 177 Å². The summed E-state index contributed by atoms with van der Waals surface area (Å²) in [6, 6.07) is 13.9. The molecule has 6 heteroatoms. The number of likely N-dealkylation sites (tertiary alicyclic amines) is 1.